The molecule has 0 bridgehead atoms. The van der Waals surface area contributed by atoms with Crippen LogP contribution in [0, 0.1) is 11.6 Å². The summed E-state index contributed by atoms with van der Waals surface area (Å²) in [7, 11) is 0. The molecule has 0 amide bonds. The topological polar surface area (TPSA) is 22.4 Å². The Morgan fingerprint density at radius 3 is 2.24 bits per heavy atom. The lowest BCUT2D eigenvalue weighted by atomic mass is 10.0. The summed E-state index contributed by atoms with van der Waals surface area (Å²) in [4.78, 5) is 0. The maximum absolute atomic E-state index is 14.7. The van der Waals surface area contributed by atoms with Crippen LogP contribution in [0.4, 0.5) is 8.78 Å². The molecule has 0 N–H and O–H groups in total. The molecule has 0 radical (unpaired) electrons. The predicted octanol–water partition coefficient (Wildman–Crippen LogP) is 6.78. The Kier molecular flexibility index (Phi) is 5.57. The van der Waals surface area contributed by atoms with Gasteiger partial charge in [0.15, 0.2) is 22.7 Å². The third-order valence-corrected chi connectivity index (χ3v) is 4.54. The fourth-order valence-electron chi connectivity index (χ4n) is 3.07. The Balaban J connectivity index is 1.98. The first kappa shape index (κ1) is 17.7. The van der Waals surface area contributed by atoms with Crippen LogP contribution in [0.1, 0.15) is 51.5 Å². The molecule has 0 atom stereocenters. The highest BCUT2D eigenvalue weighted by atomic mass is 19.1. The van der Waals surface area contributed by atoms with Crippen LogP contribution < -0.4 is 4.74 Å². The number of furan rings is 1. The van der Waals surface area contributed by atoms with Gasteiger partial charge < -0.3 is 9.15 Å². The number of halogens is 2. The van der Waals surface area contributed by atoms with Crippen LogP contribution in [-0.2, 0) is 6.42 Å². The standard InChI is InChI=1S/C21H24F2O2/c1-3-5-7-13-24-17-12-11-16-15-10-9-14(8-6-4-2)18(22)20(15)25-21(16)19(17)23/h9-12H,3-8,13H2,1-2H3. The molecular formula is C21H24F2O2. The number of benzene rings is 2. The maximum Gasteiger partial charge on any atom is 0.208 e. The van der Waals surface area contributed by atoms with Gasteiger partial charge in [-0.3, -0.25) is 0 Å². The molecule has 0 fully saturated rings. The number of hydrogen-bond acceptors (Lipinski definition) is 2. The van der Waals surface area contributed by atoms with Crippen molar-refractivity contribution >= 4 is 21.9 Å². The van der Waals surface area contributed by atoms with Gasteiger partial charge in [-0.25, -0.2) is 4.39 Å². The van der Waals surface area contributed by atoms with Gasteiger partial charge in [0, 0.05) is 10.8 Å². The highest BCUT2D eigenvalue weighted by molar-refractivity contribution is 6.05. The number of aryl methyl sites for hydroxylation is 1. The largest absolute Gasteiger partial charge is 0.490 e. The fourth-order valence-corrected chi connectivity index (χ4v) is 3.07. The van der Waals surface area contributed by atoms with Gasteiger partial charge in [-0.15, -0.1) is 0 Å². The molecule has 0 spiro atoms. The first-order valence-corrected chi connectivity index (χ1v) is 9.12. The normalized spacial score (nSPS) is 11.5. The first-order valence-electron chi connectivity index (χ1n) is 9.12. The second-order valence-corrected chi connectivity index (χ2v) is 6.43. The van der Waals surface area contributed by atoms with Gasteiger partial charge in [0.2, 0.25) is 5.82 Å². The Bertz CT molecular complexity index is 867. The summed E-state index contributed by atoms with van der Waals surface area (Å²) in [5.74, 6) is -0.777. The van der Waals surface area contributed by atoms with Crippen LogP contribution in [0.5, 0.6) is 5.75 Å². The Hall–Kier alpha value is -2.10. The van der Waals surface area contributed by atoms with Crippen molar-refractivity contribution in [2.45, 2.75) is 52.4 Å². The van der Waals surface area contributed by atoms with Gasteiger partial charge >= 0.3 is 0 Å². The highest BCUT2D eigenvalue weighted by Crippen LogP contribution is 2.36. The Labute approximate surface area is 146 Å². The molecule has 2 aromatic carbocycles. The van der Waals surface area contributed by atoms with Crippen LogP contribution in [-0.4, -0.2) is 6.61 Å². The summed E-state index contributed by atoms with van der Waals surface area (Å²) < 4.78 is 40.5. The van der Waals surface area contributed by atoms with Crippen LogP contribution in [0.3, 0.4) is 0 Å². The molecule has 1 aromatic heterocycles. The van der Waals surface area contributed by atoms with Crippen molar-refractivity contribution in [3.05, 3.63) is 41.5 Å². The zero-order chi connectivity index (χ0) is 17.8. The fraction of sp³-hybridized carbons (Fsp3) is 0.429. The zero-order valence-corrected chi connectivity index (χ0v) is 14.8. The van der Waals surface area contributed by atoms with E-state index in [-0.39, 0.29) is 22.7 Å². The summed E-state index contributed by atoms with van der Waals surface area (Å²) >= 11 is 0. The maximum atomic E-state index is 14.7. The lowest BCUT2D eigenvalue weighted by Gasteiger charge is -2.06. The molecule has 4 heteroatoms. The number of hydrogen-bond donors (Lipinski definition) is 0. The van der Waals surface area contributed by atoms with Crippen molar-refractivity contribution in [2.75, 3.05) is 6.61 Å². The van der Waals surface area contributed by atoms with Crippen LogP contribution >= 0.6 is 0 Å². The molecule has 0 aliphatic carbocycles. The molecule has 3 rings (SSSR count). The third kappa shape index (κ3) is 3.48. The first-order chi connectivity index (χ1) is 12.2. The molecule has 0 saturated carbocycles. The van der Waals surface area contributed by atoms with Gasteiger partial charge in [0.25, 0.3) is 0 Å². The zero-order valence-electron chi connectivity index (χ0n) is 14.8. The van der Waals surface area contributed by atoms with Crippen molar-refractivity contribution in [1.29, 1.82) is 0 Å². The molecule has 3 aromatic rings. The third-order valence-electron chi connectivity index (χ3n) is 4.54. The monoisotopic (exact) mass is 346 g/mol. The van der Waals surface area contributed by atoms with Gasteiger partial charge in [0.05, 0.1) is 6.61 Å². The molecule has 1 heterocycles. The Morgan fingerprint density at radius 1 is 0.840 bits per heavy atom. The molecule has 0 aliphatic rings. The molecular weight excluding hydrogens is 322 g/mol. The summed E-state index contributed by atoms with van der Waals surface area (Å²) in [5, 5.41) is 1.18. The van der Waals surface area contributed by atoms with Gasteiger partial charge in [-0.1, -0.05) is 39.2 Å². The molecule has 2 nitrogen and oxygen atoms in total. The van der Waals surface area contributed by atoms with Crippen molar-refractivity contribution in [3.8, 4) is 5.75 Å². The van der Waals surface area contributed by atoms with Gasteiger partial charge in [0.1, 0.15) is 0 Å². The summed E-state index contributed by atoms with van der Waals surface area (Å²) in [6, 6.07) is 6.93. The minimum Gasteiger partial charge on any atom is -0.490 e. The van der Waals surface area contributed by atoms with E-state index in [1.165, 1.54) is 0 Å². The van der Waals surface area contributed by atoms with E-state index in [1.807, 2.05) is 6.07 Å². The number of rotatable bonds is 8. The number of unbranched alkanes of at least 4 members (excludes halogenated alkanes) is 3. The van der Waals surface area contributed by atoms with E-state index in [0.29, 0.717) is 29.4 Å². The number of ether oxygens (including phenoxy) is 1. The highest BCUT2D eigenvalue weighted by Gasteiger charge is 2.19. The van der Waals surface area contributed by atoms with E-state index in [0.717, 1.165) is 32.1 Å². The smallest absolute Gasteiger partial charge is 0.208 e. The van der Waals surface area contributed by atoms with Crippen LogP contribution in [0.2, 0.25) is 0 Å². The average molecular weight is 346 g/mol. The minimum atomic E-state index is -0.556. The van der Waals surface area contributed by atoms with Crippen LogP contribution in [0.25, 0.3) is 21.9 Å². The molecule has 0 unspecified atom stereocenters. The van der Waals surface area contributed by atoms with E-state index in [4.69, 9.17) is 9.15 Å². The van der Waals surface area contributed by atoms with Crippen molar-refractivity contribution in [3.63, 3.8) is 0 Å². The SMILES string of the molecule is CCCCCOc1ccc2c(oc3c(F)c(CCCC)ccc32)c1F. The van der Waals surface area contributed by atoms with Crippen molar-refractivity contribution < 1.29 is 17.9 Å². The van der Waals surface area contributed by atoms with Gasteiger partial charge in [-0.2, -0.15) is 4.39 Å². The number of fused-ring (bicyclic) bond motifs is 3. The second-order valence-electron chi connectivity index (χ2n) is 6.43. The molecule has 0 saturated heterocycles. The predicted molar refractivity (Wildman–Crippen MR) is 97.3 cm³/mol. The lowest BCUT2D eigenvalue weighted by Crippen LogP contribution is -1.99. The summed E-state index contributed by atoms with van der Waals surface area (Å²) in [6.07, 6.45) is 5.55. The molecule has 0 aliphatic heterocycles. The summed E-state index contributed by atoms with van der Waals surface area (Å²) in [5.41, 5.74) is 0.810. The molecule has 25 heavy (non-hydrogen) atoms. The van der Waals surface area contributed by atoms with E-state index in [1.54, 1.807) is 18.2 Å². The molecule has 134 valence electrons. The van der Waals surface area contributed by atoms with Crippen molar-refractivity contribution in [2.24, 2.45) is 0 Å². The minimum absolute atomic E-state index is 0.0644. The lowest BCUT2D eigenvalue weighted by molar-refractivity contribution is 0.291. The average Bonchev–Trinajstić information content (AvgIpc) is 3.00. The van der Waals surface area contributed by atoms with E-state index in [9.17, 15) is 8.78 Å². The Morgan fingerprint density at radius 2 is 1.52 bits per heavy atom. The summed E-state index contributed by atoms with van der Waals surface area (Å²) in [6.45, 7) is 4.63. The van der Waals surface area contributed by atoms with Crippen molar-refractivity contribution in [1.82, 2.24) is 0 Å². The van der Waals surface area contributed by atoms with Crippen LogP contribution in [0.15, 0.2) is 28.7 Å². The van der Waals surface area contributed by atoms with E-state index < -0.39 is 5.82 Å². The van der Waals surface area contributed by atoms with E-state index in [2.05, 4.69) is 13.8 Å². The van der Waals surface area contributed by atoms with E-state index >= 15 is 0 Å². The van der Waals surface area contributed by atoms with Gasteiger partial charge in [-0.05, 0) is 43.0 Å². The second kappa shape index (κ2) is 7.85. The quantitative estimate of drug-likeness (QED) is 0.420.